The molecule has 4 heterocycles. The topological polar surface area (TPSA) is 78.8 Å². The number of nitrogens with one attached hydrogen (secondary N) is 2. The predicted octanol–water partition coefficient (Wildman–Crippen LogP) is 1.11. The van der Waals surface area contributed by atoms with Crippen LogP contribution < -0.4 is 10.6 Å². The molecule has 142 valence electrons. The number of amides is 1. The number of nitrogens with zero attached hydrogens (tertiary/aromatic N) is 3. The lowest BCUT2D eigenvalue weighted by atomic mass is 9.82. The molecule has 26 heavy (non-hydrogen) atoms. The van der Waals surface area contributed by atoms with Gasteiger partial charge in [0.25, 0.3) is 5.91 Å². The Bertz CT molecular complexity index is 638. The maximum atomic E-state index is 12.0. The number of aromatic nitrogens is 1. The maximum absolute atomic E-state index is 12.0. The Morgan fingerprint density at radius 3 is 2.58 bits per heavy atom. The van der Waals surface area contributed by atoms with Gasteiger partial charge in [-0.2, -0.15) is 0 Å². The van der Waals surface area contributed by atoms with Gasteiger partial charge in [-0.25, -0.2) is 0 Å². The lowest BCUT2D eigenvalue weighted by Gasteiger charge is -2.23. The van der Waals surface area contributed by atoms with Gasteiger partial charge in [-0.05, 0) is 25.0 Å². The number of likely N-dealkylation sites (tertiary alicyclic amines) is 1. The number of guanidine groups is 1. The summed E-state index contributed by atoms with van der Waals surface area (Å²) in [6.45, 7) is 3.23. The molecule has 2 N–H and O–H groups in total. The van der Waals surface area contributed by atoms with Crippen molar-refractivity contribution in [2.24, 2.45) is 16.8 Å². The first-order valence-electron chi connectivity index (χ1n) is 9.05. The standard InChI is InChI=1S/C18H25N5O2.HI/c1-19-18(22-8-7-21-17(24)12-3-2-6-20-9-12)23-10-13-14(11-23)16-5-4-15(13)25-16;/h2-3,6,9,13-16H,4-5,7-8,10-11H2,1H3,(H,19,22)(H,21,24);1H. The molecule has 3 aliphatic heterocycles. The lowest BCUT2D eigenvalue weighted by Crippen LogP contribution is -2.44. The Kier molecular flexibility index (Phi) is 6.33. The van der Waals surface area contributed by atoms with Crippen LogP contribution in [0.25, 0.3) is 0 Å². The van der Waals surface area contributed by atoms with Gasteiger partial charge in [-0.1, -0.05) is 0 Å². The fraction of sp³-hybridized carbons (Fsp3) is 0.611. The second-order valence-corrected chi connectivity index (χ2v) is 6.99. The first kappa shape index (κ1) is 19.3. The van der Waals surface area contributed by atoms with Crippen LogP contribution in [-0.4, -0.2) is 67.2 Å². The van der Waals surface area contributed by atoms with Gasteiger partial charge < -0.3 is 20.3 Å². The normalized spacial score (nSPS) is 29.3. The summed E-state index contributed by atoms with van der Waals surface area (Å²) in [4.78, 5) is 22.7. The Labute approximate surface area is 171 Å². The van der Waals surface area contributed by atoms with Gasteiger partial charge in [0.05, 0.1) is 17.8 Å². The molecule has 3 aliphatic rings. The minimum Gasteiger partial charge on any atom is -0.374 e. The van der Waals surface area contributed by atoms with Crippen LogP contribution >= 0.6 is 24.0 Å². The molecule has 8 heteroatoms. The summed E-state index contributed by atoms with van der Waals surface area (Å²) < 4.78 is 6.03. The number of hydrogen-bond donors (Lipinski definition) is 2. The summed E-state index contributed by atoms with van der Waals surface area (Å²) in [5.74, 6) is 2.13. The first-order chi connectivity index (χ1) is 12.3. The van der Waals surface area contributed by atoms with Crippen LogP contribution in [0.15, 0.2) is 29.5 Å². The smallest absolute Gasteiger partial charge is 0.252 e. The van der Waals surface area contributed by atoms with Crippen LogP contribution in [-0.2, 0) is 4.74 Å². The van der Waals surface area contributed by atoms with E-state index in [4.69, 9.17) is 4.74 Å². The molecule has 0 aliphatic carbocycles. The second-order valence-electron chi connectivity index (χ2n) is 6.99. The van der Waals surface area contributed by atoms with Crippen molar-refractivity contribution >= 4 is 35.8 Å². The van der Waals surface area contributed by atoms with Gasteiger partial charge in [0, 0.05) is 57.5 Å². The highest BCUT2D eigenvalue weighted by molar-refractivity contribution is 14.0. The number of carbonyl (C=O) groups excluding carboxylic acids is 1. The van der Waals surface area contributed by atoms with Gasteiger partial charge >= 0.3 is 0 Å². The van der Waals surface area contributed by atoms with Gasteiger partial charge in [0.1, 0.15) is 0 Å². The van der Waals surface area contributed by atoms with E-state index in [-0.39, 0.29) is 29.9 Å². The summed E-state index contributed by atoms with van der Waals surface area (Å²) in [6, 6.07) is 3.52. The molecule has 7 nitrogen and oxygen atoms in total. The van der Waals surface area contributed by atoms with Crippen LogP contribution in [0.2, 0.25) is 0 Å². The molecule has 2 bridgehead atoms. The summed E-state index contributed by atoms with van der Waals surface area (Å²) in [7, 11) is 1.82. The van der Waals surface area contributed by atoms with Crippen molar-refractivity contribution in [2.45, 2.75) is 25.0 Å². The van der Waals surface area contributed by atoms with E-state index in [1.165, 1.54) is 12.8 Å². The summed E-state index contributed by atoms with van der Waals surface area (Å²) in [6.07, 6.45) is 6.57. The molecule has 3 saturated heterocycles. The van der Waals surface area contributed by atoms with E-state index in [0.717, 1.165) is 19.0 Å². The fourth-order valence-corrected chi connectivity index (χ4v) is 4.41. The summed E-state index contributed by atoms with van der Waals surface area (Å²) in [5.41, 5.74) is 0.578. The van der Waals surface area contributed by atoms with E-state index in [1.807, 2.05) is 7.05 Å². The molecule has 4 rings (SSSR count). The number of rotatable bonds is 4. The van der Waals surface area contributed by atoms with Crippen molar-refractivity contribution in [2.75, 3.05) is 33.2 Å². The number of aliphatic imine (C=N–C) groups is 1. The maximum Gasteiger partial charge on any atom is 0.252 e. The van der Waals surface area contributed by atoms with E-state index in [0.29, 0.717) is 42.7 Å². The van der Waals surface area contributed by atoms with Crippen molar-refractivity contribution in [3.63, 3.8) is 0 Å². The van der Waals surface area contributed by atoms with E-state index < -0.39 is 0 Å². The van der Waals surface area contributed by atoms with Crippen molar-refractivity contribution in [3.05, 3.63) is 30.1 Å². The monoisotopic (exact) mass is 471 g/mol. The van der Waals surface area contributed by atoms with Gasteiger partial charge in [0.2, 0.25) is 0 Å². The fourth-order valence-electron chi connectivity index (χ4n) is 4.41. The Hall–Kier alpha value is -1.42. The molecule has 1 aromatic rings. The minimum atomic E-state index is -0.102. The zero-order chi connectivity index (χ0) is 17.2. The summed E-state index contributed by atoms with van der Waals surface area (Å²) >= 11 is 0. The Balaban J connectivity index is 0.00000196. The highest BCUT2D eigenvalue weighted by Crippen LogP contribution is 2.47. The van der Waals surface area contributed by atoms with Crippen LogP contribution in [0.1, 0.15) is 23.2 Å². The molecule has 1 aromatic heterocycles. The van der Waals surface area contributed by atoms with E-state index in [2.05, 4.69) is 25.5 Å². The largest absolute Gasteiger partial charge is 0.374 e. The van der Waals surface area contributed by atoms with Crippen molar-refractivity contribution in [1.82, 2.24) is 20.5 Å². The highest BCUT2D eigenvalue weighted by Gasteiger charge is 2.53. The Morgan fingerprint density at radius 2 is 1.96 bits per heavy atom. The molecule has 1 amide bonds. The zero-order valence-corrected chi connectivity index (χ0v) is 17.3. The molecular formula is C18H26IN5O2. The van der Waals surface area contributed by atoms with Crippen LogP contribution in [0.4, 0.5) is 0 Å². The average molecular weight is 471 g/mol. The number of carbonyl (C=O) groups is 1. The first-order valence-corrected chi connectivity index (χ1v) is 9.05. The zero-order valence-electron chi connectivity index (χ0n) is 14.9. The molecule has 0 radical (unpaired) electrons. The molecule has 4 atom stereocenters. The predicted molar refractivity (Wildman–Crippen MR) is 110 cm³/mol. The molecule has 0 saturated carbocycles. The third-order valence-corrected chi connectivity index (χ3v) is 5.58. The SMILES string of the molecule is CN=C(NCCNC(=O)c1cccnc1)N1CC2C3CCC(O3)C2C1.I. The average Bonchev–Trinajstić information content (AvgIpc) is 3.35. The van der Waals surface area contributed by atoms with Crippen molar-refractivity contribution < 1.29 is 9.53 Å². The van der Waals surface area contributed by atoms with Crippen LogP contribution in [0.3, 0.4) is 0 Å². The molecule has 0 spiro atoms. The number of halogens is 1. The highest BCUT2D eigenvalue weighted by atomic mass is 127. The number of fused-ring (bicyclic) bond motifs is 5. The van der Waals surface area contributed by atoms with E-state index in [1.54, 1.807) is 24.5 Å². The third kappa shape index (κ3) is 3.80. The van der Waals surface area contributed by atoms with E-state index >= 15 is 0 Å². The minimum absolute atomic E-state index is 0. The third-order valence-electron chi connectivity index (χ3n) is 5.58. The second kappa shape index (κ2) is 8.51. The summed E-state index contributed by atoms with van der Waals surface area (Å²) in [5, 5.41) is 6.26. The molecule has 3 fully saturated rings. The number of hydrogen-bond acceptors (Lipinski definition) is 4. The number of ether oxygens (including phenoxy) is 1. The van der Waals surface area contributed by atoms with Gasteiger partial charge in [0.15, 0.2) is 5.96 Å². The molecular weight excluding hydrogens is 445 g/mol. The van der Waals surface area contributed by atoms with Gasteiger partial charge in [-0.3, -0.25) is 14.8 Å². The van der Waals surface area contributed by atoms with Crippen molar-refractivity contribution in [3.8, 4) is 0 Å². The van der Waals surface area contributed by atoms with Crippen LogP contribution in [0.5, 0.6) is 0 Å². The number of pyridine rings is 1. The van der Waals surface area contributed by atoms with E-state index in [9.17, 15) is 4.79 Å². The van der Waals surface area contributed by atoms with Crippen LogP contribution in [0, 0.1) is 11.8 Å². The Morgan fingerprint density at radius 1 is 1.27 bits per heavy atom. The van der Waals surface area contributed by atoms with Gasteiger partial charge in [-0.15, -0.1) is 24.0 Å². The quantitative estimate of drug-likeness (QED) is 0.298. The molecule has 4 unspecified atom stereocenters. The lowest BCUT2D eigenvalue weighted by molar-refractivity contribution is 0.0767. The van der Waals surface area contributed by atoms with Crippen molar-refractivity contribution in [1.29, 1.82) is 0 Å². The molecule has 0 aromatic carbocycles.